The third kappa shape index (κ3) is 3.78. The molecular weight excluding hydrogens is 348 g/mol. The molecule has 0 aliphatic carbocycles. The SMILES string of the molecule is CCC(CCN)N(CC)c1ncc2cc(-c3c(C)cccc3C)c(N)nc2n1. The fourth-order valence-corrected chi connectivity index (χ4v) is 3.88. The van der Waals surface area contributed by atoms with Crippen LogP contribution in [0, 0.1) is 13.8 Å². The maximum Gasteiger partial charge on any atom is 0.227 e. The van der Waals surface area contributed by atoms with Crippen LogP contribution in [-0.4, -0.2) is 34.1 Å². The van der Waals surface area contributed by atoms with Crippen molar-refractivity contribution in [1.82, 2.24) is 15.0 Å². The van der Waals surface area contributed by atoms with E-state index < -0.39 is 0 Å². The Labute approximate surface area is 167 Å². The topological polar surface area (TPSA) is 94.0 Å². The van der Waals surface area contributed by atoms with E-state index in [2.05, 4.69) is 60.8 Å². The Morgan fingerprint density at radius 1 is 1.11 bits per heavy atom. The lowest BCUT2D eigenvalue weighted by Crippen LogP contribution is -2.37. The van der Waals surface area contributed by atoms with Crippen LogP contribution in [0.2, 0.25) is 0 Å². The highest BCUT2D eigenvalue weighted by molar-refractivity contribution is 5.88. The summed E-state index contributed by atoms with van der Waals surface area (Å²) >= 11 is 0. The molecule has 3 rings (SSSR count). The number of pyridine rings is 1. The Hall–Kier alpha value is -2.73. The molecular formula is C22H30N6. The normalized spacial score (nSPS) is 12.3. The number of aromatic nitrogens is 3. The monoisotopic (exact) mass is 378 g/mol. The van der Waals surface area contributed by atoms with Gasteiger partial charge in [-0.1, -0.05) is 25.1 Å². The number of anilines is 2. The van der Waals surface area contributed by atoms with Crippen molar-refractivity contribution < 1.29 is 0 Å². The van der Waals surface area contributed by atoms with E-state index in [1.807, 2.05) is 12.3 Å². The van der Waals surface area contributed by atoms with Crippen molar-refractivity contribution in [3.63, 3.8) is 0 Å². The molecule has 4 N–H and O–H groups in total. The maximum absolute atomic E-state index is 6.35. The quantitative estimate of drug-likeness (QED) is 0.649. The first-order valence-electron chi connectivity index (χ1n) is 9.96. The Bertz CT molecular complexity index is 948. The predicted octanol–water partition coefficient (Wildman–Crippen LogP) is 3.84. The summed E-state index contributed by atoms with van der Waals surface area (Å²) in [5.41, 5.74) is 17.2. The largest absolute Gasteiger partial charge is 0.383 e. The zero-order chi connectivity index (χ0) is 20.3. The first-order chi connectivity index (χ1) is 13.5. The average Bonchev–Trinajstić information content (AvgIpc) is 2.68. The zero-order valence-corrected chi connectivity index (χ0v) is 17.2. The van der Waals surface area contributed by atoms with E-state index in [-0.39, 0.29) is 0 Å². The minimum Gasteiger partial charge on any atom is -0.383 e. The van der Waals surface area contributed by atoms with Gasteiger partial charge in [0.2, 0.25) is 5.95 Å². The van der Waals surface area contributed by atoms with Gasteiger partial charge in [0.05, 0.1) is 0 Å². The van der Waals surface area contributed by atoms with Crippen molar-refractivity contribution >= 4 is 22.8 Å². The minimum absolute atomic E-state index is 0.318. The van der Waals surface area contributed by atoms with Crippen LogP contribution in [0.25, 0.3) is 22.2 Å². The molecule has 6 nitrogen and oxygen atoms in total. The first-order valence-corrected chi connectivity index (χ1v) is 9.96. The third-order valence-corrected chi connectivity index (χ3v) is 5.35. The summed E-state index contributed by atoms with van der Waals surface area (Å²) in [7, 11) is 0. The number of hydrogen-bond acceptors (Lipinski definition) is 6. The number of fused-ring (bicyclic) bond motifs is 1. The van der Waals surface area contributed by atoms with Gasteiger partial charge in [-0.25, -0.2) is 9.97 Å². The molecule has 0 saturated carbocycles. The summed E-state index contributed by atoms with van der Waals surface area (Å²) in [4.78, 5) is 16.2. The van der Waals surface area contributed by atoms with E-state index in [4.69, 9.17) is 16.5 Å². The summed E-state index contributed by atoms with van der Waals surface area (Å²) in [5.74, 6) is 1.17. The molecule has 0 spiro atoms. The van der Waals surface area contributed by atoms with Crippen LogP contribution in [0.1, 0.15) is 37.8 Å². The van der Waals surface area contributed by atoms with Gasteiger partial charge >= 0.3 is 0 Å². The average molecular weight is 379 g/mol. The molecule has 3 aromatic rings. The van der Waals surface area contributed by atoms with Crippen molar-refractivity contribution in [2.75, 3.05) is 23.7 Å². The van der Waals surface area contributed by atoms with Gasteiger partial charge < -0.3 is 16.4 Å². The second kappa shape index (κ2) is 8.52. The molecule has 1 aromatic carbocycles. The van der Waals surface area contributed by atoms with Crippen LogP contribution in [0.3, 0.4) is 0 Å². The van der Waals surface area contributed by atoms with E-state index >= 15 is 0 Å². The van der Waals surface area contributed by atoms with Crippen molar-refractivity contribution in [2.45, 2.75) is 46.6 Å². The number of rotatable bonds is 7. The van der Waals surface area contributed by atoms with Crippen LogP contribution >= 0.6 is 0 Å². The highest BCUT2D eigenvalue weighted by Gasteiger charge is 2.19. The lowest BCUT2D eigenvalue weighted by Gasteiger charge is -2.30. The Kier molecular flexibility index (Phi) is 6.09. The van der Waals surface area contributed by atoms with Crippen LogP contribution in [-0.2, 0) is 0 Å². The number of nitrogens with zero attached hydrogens (tertiary/aromatic N) is 4. The number of hydrogen-bond donors (Lipinski definition) is 2. The molecule has 1 atom stereocenters. The molecule has 2 aromatic heterocycles. The fraction of sp³-hybridized carbons (Fsp3) is 0.409. The van der Waals surface area contributed by atoms with Crippen molar-refractivity contribution in [3.8, 4) is 11.1 Å². The molecule has 28 heavy (non-hydrogen) atoms. The molecule has 0 fully saturated rings. The molecule has 0 aliphatic heterocycles. The standard InChI is InChI=1S/C22H30N6/c1-5-17(10-11-23)28(6-2)22-25-13-16-12-18(20(24)26-21(16)27-22)19-14(3)8-7-9-15(19)4/h7-9,12-13,17H,5-6,10-11,23H2,1-4H3,(H2,24,25,26,27). The number of nitrogen functional groups attached to an aromatic ring is 1. The molecule has 0 radical (unpaired) electrons. The third-order valence-electron chi connectivity index (χ3n) is 5.35. The smallest absolute Gasteiger partial charge is 0.227 e. The van der Waals surface area contributed by atoms with E-state index in [0.29, 0.717) is 30.0 Å². The van der Waals surface area contributed by atoms with Crippen molar-refractivity contribution in [3.05, 3.63) is 41.6 Å². The number of aryl methyl sites for hydroxylation is 2. The van der Waals surface area contributed by atoms with E-state index in [1.165, 1.54) is 11.1 Å². The van der Waals surface area contributed by atoms with Gasteiger partial charge in [0, 0.05) is 29.7 Å². The predicted molar refractivity (Wildman–Crippen MR) is 117 cm³/mol. The van der Waals surface area contributed by atoms with Gasteiger partial charge in [-0.2, -0.15) is 4.98 Å². The Morgan fingerprint density at radius 3 is 2.43 bits per heavy atom. The van der Waals surface area contributed by atoms with Crippen LogP contribution in [0.15, 0.2) is 30.5 Å². The van der Waals surface area contributed by atoms with Crippen molar-refractivity contribution in [2.24, 2.45) is 5.73 Å². The van der Waals surface area contributed by atoms with Gasteiger partial charge in [0.25, 0.3) is 0 Å². The van der Waals surface area contributed by atoms with Crippen LogP contribution < -0.4 is 16.4 Å². The summed E-state index contributed by atoms with van der Waals surface area (Å²) in [5, 5.41) is 0.888. The zero-order valence-electron chi connectivity index (χ0n) is 17.2. The van der Waals surface area contributed by atoms with Gasteiger partial charge in [0.1, 0.15) is 5.82 Å². The lowest BCUT2D eigenvalue weighted by atomic mass is 9.96. The summed E-state index contributed by atoms with van der Waals surface area (Å²) in [6, 6.07) is 8.60. The van der Waals surface area contributed by atoms with E-state index in [0.717, 1.165) is 35.9 Å². The van der Waals surface area contributed by atoms with Crippen molar-refractivity contribution in [1.29, 1.82) is 0 Å². The summed E-state index contributed by atoms with van der Waals surface area (Å²) in [6.45, 7) is 9.92. The van der Waals surface area contributed by atoms with E-state index in [1.54, 1.807) is 0 Å². The van der Waals surface area contributed by atoms with Gasteiger partial charge in [-0.05, 0) is 62.9 Å². The Balaban J connectivity index is 2.07. The highest BCUT2D eigenvalue weighted by Crippen LogP contribution is 2.33. The first kappa shape index (κ1) is 20.0. The highest BCUT2D eigenvalue weighted by atomic mass is 15.3. The van der Waals surface area contributed by atoms with Gasteiger partial charge in [-0.15, -0.1) is 0 Å². The molecule has 1 unspecified atom stereocenters. The number of nitrogens with two attached hydrogens (primary N) is 2. The fourth-order valence-electron chi connectivity index (χ4n) is 3.88. The Morgan fingerprint density at radius 2 is 1.82 bits per heavy atom. The second-order valence-corrected chi connectivity index (χ2v) is 7.20. The molecule has 0 amide bonds. The molecule has 148 valence electrons. The maximum atomic E-state index is 6.35. The molecule has 0 saturated heterocycles. The molecule has 0 aliphatic rings. The second-order valence-electron chi connectivity index (χ2n) is 7.20. The van der Waals surface area contributed by atoms with Crippen LogP contribution in [0.5, 0.6) is 0 Å². The lowest BCUT2D eigenvalue weighted by molar-refractivity contribution is 0.540. The van der Waals surface area contributed by atoms with Gasteiger partial charge in [-0.3, -0.25) is 0 Å². The molecule has 0 bridgehead atoms. The molecule has 6 heteroatoms. The van der Waals surface area contributed by atoms with Gasteiger partial charge in [0.15, 0.2) is 5.65 Å². The summed E-state index contributed by atoms with van der Waals surface area (Å²) < 4.78 is 0. The van der Waals surface area contributed by atoms with Crippen LogP contribution in [0.4, 0.5) is 11.8 Å². The molecule has 2 heterocycles. The number of benzene rings is 1. The van der Waals surface area contributed by atoms with E-state index in [9.17, 15) is 0 Å². The minimum atomic E-state index is 0.318. The summed E-state index contributed by atoms with van der Waals surface area (Å²) in [6.07, 6.45) is 3.75.